The molecule has 5 heteroatoms. The summed E-state index contributed by atoms with van der Waals surface area (Å²) in [7, 11) is 0. The fraction of sp³-hybridized carbons (Fsp3) is 0.429. The van der Waals surface area contributed by atoms with Crippen LogP contribution >= 0.6 is 0 Å². The number of anilines is 1. The minimum absolute atomic E-state index is 0.0106. The van der Waals surface area contributed by atoms with Crippen molar-refractivity contribution >= 4 is 17.4 Å². The Hall–Kier alpha value is -2.56. The van der Waals surface area contributed by atoms with Crippen LogP contribution in [0.1, 0.15) is 50.9 Å². The SMILES string of the molecule is CCCCC(CC)C(=O)Nc1c(-c2ccc(C)o2)nc2ccc(C)cn12. The van der Waals surface area contributed by atoms with Crippen molar-refractivity contribution in [2.75, 3.05) is 5.32 Å². The third kappa shape index (κ3) is 3.66. The van der Waals surface area contributed by atoms with E-state index in [0.717, 1.165) is 42.7 Å². The van der Waals surface area contributed by atoms with Crippen LogP contribution in [0.3, 0.4) is 0 Å². The lowest BCUT2D eigenvalue weighted by atomic mass is 9.98. The van der Waals surface area contributed by atoms with Gasteiger partial charge in [-0.2, -0.15) is 0 Å². The summed E-state index contributed by atoms with van der Waals surface area (Å²) in [6, 6.07) is 7.78. The highest BCUT2D eigenvalue weighted by Gasteiger charge is 2.22. The van der Waals surface area contributed by atoms with Crippen LogP contribution in [0.5, 0.6) is 0 Å². The van der Waals surface area contributed by atoms with Crippen LogP contribution in [0.25, 0.3) is 17.1 Å². The van der Waals surface area contributed by atoms with Crippen molar-refractivity contribution in [1.29, 1.82) is 0 Å². The van der Waals surface area contributed by atoms with Crippen molar-refractivity contribution in [3.05, 3.63) is 41.8 Å². The zero-order valence-electron chi connectivity index (χ0n) is 16.0. The van der Waals surface area contributed by atoms with Crippen molar-refractivity contribution in [2.24, 2.45) is 5.92 Å². The number of amides is 1. The van der Waals surface area contributed by atoms with Crippen LogP contribution in [0.2, 0.25) is 0 Å². The Kier molecular flexibility index (Phi) is 5.45. The molecule has 3 heterocycles. The highest BCUT2D eigenvalue weighted by atomic mass is 16.3. The number of fused-ring (bicyclic) bond motifs is 1. The molecule has 3 rings (SSSR count). The van der Waals surface area contributed by atoms with E-state index in [1.807, 2.05) is 48.7 Å². The molecule has 1 unspecified atom stereocenters. The Bertz CT molecular complexity index is 907. The second-order valence-electron chi connectivity index (χ2n) is 6.89. The largest absolute Gasteiger partial charge is 0.460 e. The number of nitrogens with one attached hydrogen (secondary N) is 1. The van der Waals surface area contributed by atoms with Gasteiger partial charge in [0.05, 0.1) is 0 Å². The molecule has 0 fully saturated rings. The molecule has 0 spiro atoms. The summed E-state index contributed by atoms with van der Waals surface area (Å²) in [5, 5.41) is 3.13. The molecule has 0 aliphatic heterocycles. The second kappa shape index (κ2) is 7.77. The molecule has 3 aromatic heterocycles. The lowest BCUT2D eigenvalue weighted by Gasteiger charge is -2.15. The minimum Gasteiger partial charge on any atom is -0.460 e. The third-order valence-corrected chi connectivity index (χ3v) is 4.75. The fourth-order valence-corrected chi connectivity index (χ4v) is 3.19. The summed E-state index contributed by atoms with van der Waals surface area (Å²) in [4.78, 5) is 17.6. The van der Waals surface area contributed by atoms with Crippen LogP contribution < -0.4 is 5.32 Å². The number of carbonyl (C=O) groups excluding carboxylic acids is 1. The Morgan fingerprint density at radius 3 is 2.69 bits per heavy atom. The average molecular weight is 353 g/mol. The van der Waals surface area contributed by atoms with Gasteiger partial charge in [0.15, 0.2) is 5.76 Å². The topological polar surface area (TPSA) is 59.5 Å². The average Bonchev–Trinajstić information content (AvgIpc) is 3.19. The molecule has 5 nitrogen and oxygen atoms in total. The number of hydrogen-bond acceptors (Lipinski definition) is 3. The number of furan rings is 1. The first-order chi connectivity index (χ1) is 12.5. The molecule has 0 aliphatic carbocycles. The Morgan fingerprint density at radius 1 is 1.23 bits per heavy atom. The van der Waals surface area contributed by atoms with E-state index in [9.17, 15) is 4.79 Å². The minimum atomic E-state index is 0.0106. The van der Waals surface area contributed by atoms with Crippen LogP contribution in [0, 0.1) is 19.8 Å². The van der Waals surface area contributed by atoms with Gasteiger partial charge in [-0.05, 0) is 50.5 Å². The zero-order chi connectivity index (χ0) is 18.7. The van der Waals surface area contributed by atoms with E-state index in [0.29, 0.717) is 17.3 Å². The van der Waals surface area contributed by atoms with Crippen LogP contribution in [0.15, 0.2) is 34.9 Å². The van der Waals surface area contributed by atoms with Crippen LogP contribution in [-0.2, 0) is 4.79 Å². The van der Waals surface area contributed by atoms with Gasteiger partial charge in [0.2, 0.25) is 5.91 Å². The summed E-state index contributed by atoms with van der Waals surface area (Å²) in [5.74, 6) is 2.23. The van der Waals surface area contributed by atoms with Gasteiger partial charge in [0.25, 0.3) is 0 Å². The summed E-state index contributed by atoms with van der Waals surface area (Å²) in [6.45, 7) is 8.14. The number of imidazole rings is 1. The maximum Gasteiger partial charge on any atom is 0.228 e. The first kappa shape index (κ1) is 18.2. The molecule has 0 aliphatic rings. The predicted molar refractivity (Wildman–Crippen MR) is 104 cm³/mol. The molecule has 0 aromatic carbocycles. The molecule has 26 heavy (non-hydrogen) atoms. The summed E-state index contributed by atoms with van der Waals surface area (Å²) in [6.07, 6.45) is 5.88. The van der Waals surface area contributed by atoms with Crippen molar-refractivity contribution in [3.63, 3.8) is 0 Å². The second-order valence-corrected chi connectivity index (χ2v) is 6.89. The van der Waals surface area contributed by atoms with E-state index < -0.39 is 0 Å². The first-order valence-electron chi connectivity index (χ1n) is 9.39. The van der Waals surface area contributed by atoms with Crippen molar-refractivity contribution < 1.29 is 9.21 Å². The van der Waals surface area contributed by atoms with Gasteiger partial charge in [-0.1, -0.05) is 32.8 Å². The normalized spacial score (nSPS) is 12.5. The Labute approximate surface area is 154 Å². The number of pyridine rings is 1. The molecule has 1 N–H and O–H groups in total. The van der Waals surface area contributed by atoms with E-state index in [2.05, 4.69) is 19.2 Å². The molecular formula is C21H27N3O2. The smallest absolute Gasteiger partial charge is 0.228 e. The maximum atomic E-state index is 12.9. The Morgan fingerprint density at radius 2 is 2.04 bits per heavy atom. The first-order valence-corrected chi connectivity index (χ1v) is 9.39. The molecule has 1 atom stereocenters. The molecule has 0 bridgehead atoms. The van der Waals surface area contributed by atoms with E-state index >= 15 is 0 Å². The number of hydrogen-bond donors (Lipinski definition) is 1. The van der Waals surface area contributed by atoms with Gasteiger partial charge < -0.3 is 9.73 Å². The molecule has 0 radical (unpaired) electrons. The number of carbonyl (C=O) groups is 1. The highest BCUT2D eigenvalue weighted by Crippen LogP contribution is 2.31. The van der Waals surface area contributed by atoms with E-state index in [-0.39, 0.29) is 11.8 Å². The number of aromatic nitrogens is 2. The van der Waals surface area contributed by atoms with E-state index in [4.69, 9.17) is 9.40 Å². The monoisotopic (exact) mass is 353 g/mol. The zero-order valence-corrected chi connectivity index (χ0v) is 16.0. The predicted octanol–water partition coefficient (Wildman–Crippen LogP) is 5.37. The number of unbranched alkanes of at least 4 members (excludes halogenated alkanes) is 1. The summed E-state index contributed by atoms with van der Waals surface area (Å²) < 4.78 is 7.71. The Balaban J connectivity index is 2.02. The van der Waals surface area contributed by atoms with Gasteiger partial charge in [-0.15, -0.1) is 0 Å². The molecule has 0 saturated heterocycles. The lowest BCUT2D eigenvalue weighted by Crippen LogP contribution is -2.23. The van der Waals surface area contributed by atoms with Gasteiger partial charge in [-0.25, -0.2) is 4.98 Å². The maximum absolute atomic E-state index is 12.9. The van der Waals surface area contributed by atoms with Gasteiger partial charge in [0, 0.05) is 12.1 Å². The van der Waals surface area contributed by atoms with Crippen molar-refractivity contribution in [3.8, 4) is 11.5 Å². The molecule has 138 valence electrons. The third-order valence-electron chi connectivity index (χ3n) is 4.75. The van der Waals surface area contributed by atoms with Gasteiger partial charge in [0.1, 0.15) is 22.9 Å². The van der Waals surface area contributed by atoms with Gasteiger partial charge in [-0.3, -0.25) is 9.20 Å². The summed E-state index contributed by atoms with van der Waals surface area (Å²) in [5.41, 5.74) is 2.56. The summed E-state index contributed by atoms with van der Waals surface area (Å²) >= 11 is 0. The molecular weight excluding hydrogens is 326 g/mol. The molecule has 0 saturated carbocycles. The standard InChI is InChI=1S/C21H27N3O2/c1-5-7-8-16(6-2)21(25)23-20-19(17-11-10-15(4)26-17)22-18-12-9-14(3)13-24(18)20/h9-13,16H,5-8H2,1-4H3,(H,23,25). The van der Waals surface area contributed by atoms with Gasteiger partial charge >= 0.3 is 0 Å². The molecule has 1 amide bonds. The molecule has 3 aromatic rings. The van der Waals surface area contributed by atoms with Crippen LogP contribution in [0.4, 0.5) is 5.82 Å². The highest BCUT2D eigenvalue weighted by molar-refractivity contribution is 5.95. The van der Waals surface area contributed by atoms with E-state index in [1.54, 1.807) is 0 Å². The van der Waals surface area contributed by atoms with Crippen molar-refractivity contribution in [1.82, 2.24) is 9.38 Å². The quantitative estimate of drug-likeness (QED) is 0.621. The van der Waals surface area contributed by atoms with Crippen LogP contribution in [-0.4, -0.2) is 15.3 Å². The number of aryl methyl sites for hydroxylation is 2. The fourth-order valence-electron chi connectivity index (χ4n) is 3.19. The van der Waals surface area contributed by atoms with Crippen molar-refractivity contribution in [2.45, 2.75) is 53.4 Å². The lowest BCUT2D eigenvalue weighted by molar-refractivity contribution is -0.120. The number of nitrogens with zero attached hydrogens (tertiary/aromatic N) is 2. The number of rotatable bonds is 7. The van der Waals surface area contributed by atoms with E-state index in [1.165, 1.54) is 0 Å².